The number of rotatable bonds is 4. The molecule has 0 fully saturated rings. The van der Waals surface area contributed by atoms with Crippen molar-refractivity contribution in [3.05, 3.63) is 62.7 Å². The van der Waals surface area contributed by atoms with Crippen LogP contribution in [-0.2, 0) is 11.3 Å². The van der Waals surface area contributed by atoms with Crippen LogP contribution in [0, 0.1) is 0 Å². The van der Waals surface area contributed by atoms with E-state index in [1.165, 1.54) is 10.8 Å². The third kappa shape index (κ3) is 3.12. The van der Waals surface area contributed by atoms with Gasteiger partial charge >= 0.3 is 5.97 Å². The topological polar surface area (TPSA) is 94.3 Å². The first-order valence-corrected chi connectivity index (χ1v) is 8.29. The van der Waals surface area contributed by atoms with Crippen LogP contribution in [0.5, 0.6) is 5.75 Å². The van der Waals surface area contributed by atoms with Crippen LogP contribution in [0.3, 0.4) is 0 Å². The summed E-state index contributed by atoms with van der Waals surface area (Å²) in [6.07, 6.45) is 4.75. The van der Waals surface area contributed by atoms with Crippen molar-refractivity contribution >= 4 is 32.9 Å². The SMILES string of the molecule is CCOC(=O)c1c(O)c2c(Br)ccnc2n(Cc2cccnc2)c1=O. The van der Waals surface area contributed by atoms with Crippen molar-refractivity contribution in [2.45, 2.75) is 13.5 Å². The summed E-state index contributed by atoms with van der Waals surface area (Å²) in [5.41, 5.74) is -0.0632. The standard InChI is InChI=1S/C17H14BrN3O4/c1-2-25-17(24)13-14(22)12-11(18)5-7-20-15(12)21(16(13)23)9-10-4-3-6-19-8-10/h3-8,22H,2,9H2,1H3. The van der Waals surface area contributed by atoms with Crippen molar-refractivity contribution < 1.29 is 14.6 Å². The first-order chi connectivity index (χ1) is 12.0. The Morgan fingerprint density at radius 2 is 2.16 bits per heavy atom. The highest BCUT2D eigenvalue weighted by molar-refractivity contribution is 9.10. The Balaban J connectivity index is 2.33. The van der Waals surface area contributed by atoms with E-state index in [4.69, 9.17) is 4.74 Å². The van der Waals surface area contributed by atoms with Gasteiger partial charge in [0.1, 0.15) is 11.4 Å². The molecule has 1 N–H and O–H groups in total. The number of halogens is 1. The molecule has 0 atom stereocenters. The van der Waals surface area contributed by atoms with Crippen LogP contribution in [0.4, 0.5) is 0 Å². The lowest BCUT2D eigenvalue weighted by molar-refractivity contribution is 0.0520. The van der Waals surface area contributed by atoms with Gasteiger partial charge in [0.2, 0.25) is 0 Å². The number of aromatic nitrogens is 3. The molecule has 7 nitrogen and oxygen atoms in total. The zero-order chi connectivity index (χ0) is 18.0. The molecule has 0 amide bonds. The molecule has 8 heteroatoms. The van der Waals surface area contributed by atoms with E-state index in [2.05, 4.69) is 25.9 Å². The molecule has 0 bridgehead atoms. The third-order valence-electron chi connectivity index (χ3n) is 3.61. The molecule has 128 valence electrons. The molecule has 3 rings (SSSR count). The molecule has 0 spiro atoms. The van der Waals surface area contributed by atoms with Gasteiger partial charge in [-0.3, -0.25) is 14.3 Å². The van der Waals surface area contributed by atoms with E-state index in [0.717, 1.165) is 5.56 Å². The second kappa shape index (κ2) is 7.02. The van der Waals surface area contributed by atoms with Gasteiger partial charge in [0.25, 0.3) is 5.56 Å². The van der Waals surface area contributed by atoms with E-state index >= 15 is 0 Å². The van der Waals surface area contributed by atoms with E-state index in [1.807, 2.05) is 0 Å². The van der Waals surface area contributed by atoms with Crippen molar-refractivity contribution in [3.8, 4) is 5.75 Å². The number of pyridine rings is 3. The monoisotopic (exact) mass is 403 g/mol. The lowest BCUT2D eigenvalue weighted by Gasteiger charge is -2.14. The van der Waals surface area contributed by atoms with Crippen LogP contribution in [0.25, 0.3) is 11.0 Å². The van der Waals surface area contributed by atoms with Gasteiger partial charge in [-0.15, -0.1) is 0 Å². The summed E-state index contributed by atoms with van der Waals surface area (Å²) in [5, 5.41) is 10.8. The maximum absolute atomic E-state index is 12.9. The minimum absolute atomic E-state index is 0.0898. The van der Waals surface area contributed by atoms with Gasteiger partial charge in [-0.1, -0.05) is 6.07 Å². The van der Waals surface area contributed by atoms with Crippen molar-refractivity contribution in [1.82, 2.24) is 14.5 Å². The predicted octanol–water partition coefficient (Wildman–Crippen LogP) is 2.48. The molecule has 0 aliphatic carbocycles. The molecule has 0 radical (unpaired) electrons. The lowest BCUT2D eigenvalue weighted by atomic mass is 10.1. The normalized spacial score (nSPS) is 10.8. The molecule has 3 heterocycles. The first-order valence-electron chi connectivity index (χ1n) is 7.50. The molecule has 0 saturated heterocycles. The number of hydrogen-bond donors (Lipinski definition) is 1. The Bertz CT molecular complexity index is 1000. The molecule has 0 aromatic carbocycles. The summed E-state index contributed by atoms with van der Waals surface area (Å²) in [6, 6.07) is 5.18. The molecule has 3 aromatic rings. The van der Waals surface area contributed by atoms with Crippen molar-refractivity contribution in [1.29, 1.82) is 0 Å². The Morgan fingerprint density at radius 1 is 1.36 bits per heavy atom. The average Bonchev–Trinajstić information content (AvgIpc) is 2.59. The average molecular weight is 404 g/mol. The van der Waals surface area contributed by atoms with Gasteiger partial charge in [0.15, 0.2) is 5.56 Å². The largest absolute Gasteiger partial charge is 0.506 e. The second-order valence-electron chi connectivity index (χ2n) is 5.19. The molecule has 0 aliphatic rings. The smallest absolute Gasteiger partial charge is 0.347 e. The quantitative estimate of drug-likeness (QED) is 0.672. The molecule has 3 aromatic heterocycles. The minimum Gasteiger partial charge on any atom is -0.506 e. The Morgan fingerprint density at radius 3 is 2.84 bits per heavy atom. The fourth-order valence-electron chi connectivity index (χ4n) is 2.52. The van der Waals surface area contributed by atoms with E-state index in [0.29, 0.717) is 4.47 Å². The second-order valence-corrected chi connectivity index (χ2v) is 6.04. The van der Waals surface area contributed by atoms with E-state index < -0.39 is 22.8 Å². The molecule has 0 saturated carbocycles. The Labute approximate surface area is 151 Å². The predicted molar refractivity (Wildman–Crippen MR) is 94.7 cm³/mol. The van der Waals surface area contributed by atoms with Crippen LogP contribution < -0.4 is 5.56 Å². The van der Waals surface area contributed by atoms with E-state index in [9.17, 15) is 14.7 Å². The van der Waals surface area contributed by atoms with E-state index in [1.54, 1.807) is 37.5 Å². The number of fused-ring (bicyclic) bond motifs is 1. The van der Waals surface area contributed by atoms with Crippen LogP contribution in [-0.4, -0.2) is 32.2 Å². The van der Waals surface area contributed by atoms with Crippen molar-refractivity contribution in [2.75, 3.05) is 6.61 Å². The van der Waals surface area contributed by atoms with E-state index in [-0.39, 0.29) is 24.2 Å². The minimum atomic E-state index is -0.873. The number of nitrogens with zero attached hydrogens (tertiary/aromatic N) is 3. The summed E-state index contributed by atoms with van der Waals surface area (Å²) in [4.78, 5) is 33.3. The molecular formula is C17H14BrN3O4. The van der Waals surface area contributed by atoms with Gasteiger partial charge in [0.05, 0.1) is 18.5 Å². The highest BCUT2D eigenvalue weighted by atomic mass is 79.9. The number of carbonyl (C=O) groups is 1. The third-order valence-corrected chi connectivity index (χ3v) is 4.27. The number of ether oxygens (including phenoxy) is 1. The Hall–Kier alpha value is -2.74. The van der Waals surface area contributed by atoms with Gasteiger partial charge in [-0.25, -0.2) is 9.78 Å². The summed E-state index contributed by atoms with van der Waals surface area (Å²) < 4.78 is 6.76. The fourth-order valence-corrected chi connectivity index (χ4v) is 3.00. The number of esters is 1. The first kappa shape index (κ1) is 17.1. The summed E-state index contributed by atoms with van der Waals surface area (Å²) in [7, 11) is 0. The maximum atomic E-state index is 12.9. The fraction of sp³-hybridized carbons (Fsp3) is 0.176. The molecule has 0 aliphatic heterocycles. The number of hydrogen-bond acceptors (Lipinski definition) is 6. The van der Waals surface area contributed by atoms with Gasteiger partial charge < -0.3 is 9.84 Å². The van der Waals surface area contributed by atoms with Crippen LogP contribution in [0.2, 0.25) is 0 Å². The van der Waals surface area contributed by atoms with Crippen LogP contribution in [0.15, 0.2) is 46.1 Å². The molecule has 0 unspecified atom stereocenters. The summed E-state index contributed by atoms with van der Waals surface area (Å²) in [6.45, 7) is 1.87. The molecule has 25 heavy (non-hydrogen) atoms. The summed E-state index contributed by atoms with van der Waals surface area (Å²) >= 11 is 3.33. The van der Waals surface area contributed by atoms with Gasteiger partial charge in [-0.05, 0) is 40.5 Å². The Kier molecular flexibility index (Phi) is 4.80. The number of aromatic hydroxyl groups is 1. The van der Waals surface area contributed by atoms with Gasteiger partial charge in [0, 0.05) is 23.1 Å². The van der Waals surface area contributed by atoms with Crippen molar-refractivity contribution in [3.63, 3.8) is 0 Å². The van der Waals surface area contributed by atoms with Crippen LogP contribution in [0.1, 0.15) is 22.8 Å². The van der Waals surface area contributed by atoms with Gasteiger partial charge in [-0.2, -0.15) is 0 Å². The van der Waals surface area contributed by atoms with Crippen molar-refractivity contribution in [2.24, 2.45) is 0 Å². The summed E-state index contributed by atoms with van der Waals surface area (Å²) in [5.74, 6) is -1.32. The number of carbonyl (C=O) groups excluding carboxylic acids is 1. The zero-order valence-electron chi connectivity index (χ0n) is 13.3. The molecular weight excluding hydrogens is 390 g/mol. The highest BCUT2D eigenvalue weighted by Gasteiger charge is 2.25. The lowest BCUT2D eigenvalue weighted by Crippen LogP contribution is -2.29. The highest BCUT2D eigenvalue weighted by Crippen LogP contribution is 2.32. The zero-order valence-corrected chi connectivity index (χ0v) is 14.9. The maximum Gasteiger partial charge on any atom is 0.347 e. The van der Waals surface area contributed by atoms with Crippen LogP contribution >= 0.6 is 15.9 Å².